The Labute approximate surface area is 78.5 Å². The first-order valence-corrected chi connectivity index (χ1v) is 5.33. The number of hydrogen-bond acceptors (Lipinski definition) is 3. The fraction of sp³-hybridized carbons (Fsp3) is 0.900. The van der Waals surface area contributed by atoms with Crippen LogP contribution in [0.5, 0.6) is 0 Å². The van der Waals surface area contributed by atoms with Crippen molar-refractivity contribution in [2.75, 3.05) is 26.2 Å². The topological polar surface area (TPSA) is 32.3 Å². The van der Waals surface area contributed by atoms with Crippen molar-refractivity contribution in [2.45, 2.75) is 18.9 Å². The van der Waals surface area contributed by atoms with Gasteiger partial charge in [-0.2, -0.15) is 0 Å². The van der Waals surface area contributed by atoms with Crippen LogP contribution in [-0.4, -0.2) is 42.9 Å². The number of Topliss-reactive ketones (excluding diaryl/α,β-unsaturated/α-hetero) is 1. The Morgan fingerprint density at radius 3 is 2.31 bits per heavy atom. The maximum absolute atomic E-state index is 11.7. The summed E-state index contributed by atoms with van der Waals surface area (Å²) >= 11 is 0. The van der Waals surface area contributed by atoms with Crippen LogP contribution in [0, 0.1) is 11.8 Å². The summed E-state index contributed by atoms with van der Waals surface area (Å²) in [4.78, 5) is 14.3. The first kappa shape index (κ1) is 7.94. The SMILES string of the molecule is O=C1C2CNCC1CN(C1CC1)C2. The van der Waals surface area contributed by atoms with Gasteiger partial charge >= 0.3 is 0 Å². The largest absolute Gasteiger partial charge is 0.315 e. The monoisotopic (exact) mass is 180 g/mol. The fourth-order valence-electron chi connectivity index (χ4n) is 2.65. The minimum absolute atomic E-state index is 0.299. The molecule has 72 valence electrons. The van der Waals surface area contributed by atoms with E-state index >= 15 is 0 Å². The summed E-state index contributed by atoms with van der Waals surface area (Å²) in [5.74, 6) is 1.12. The molecular weight excluding hydrogens is 164 g/mol. The number of rotatable bonds is 1. The van der Waals surface area contributed by atoms with Gasteiger partial charge in [-0.15, -0.1) is 0 Å². The second-order valence-electron chi connectivity index (χ2n) is 4.64. The van der Waals surface area contributed by atoms with E-state index in [2.05, 4.69) is 10.2 Å². The molecule has 2 bridgehead atoms. The smallest absolute Gasteiger partial charge is 0.144 e. The van der Waals surface area contributed by atoms with Gasteiger partial charge in [0.05, 0.1) is 0 Å². The summed E-state index contributed by atoms with van der Waals surface area (Å²) in [6.45, 7) is 3.87. The van der Waals surface area contributed by atoms with Gasteiger partial charge in [-0.1, -0.05) is 0 Å². The molecule has 0 spiro atoms. The minimum atomic E-state index is 0.299. The number of piperidine rings is 2. The van der Waals surface area contributed by atoms with Gasteiger partial charge in [0.2, 0.25) is 0 Å². The number of likely N-dealkylation sites (tertiary alicyclic amines) is 1. The summed E-state index contributed by atoms with van der Waals surface area (Å²) in [7, 11) is 0. The van der Waals surface area contributed by atoms with Crippen molar-refractivity contribution in [2.24, 2.45) is 11.8 Å². The summed E-state index contributed by atoms with van der Waals surface area (Å²) in [6.07, 6.45) is 2.72. The molecule has 0 aromatic heterocycles. The molecule has 2 heterocycles. The predicted molar refractivity (Wildman–Crippen MR) is 49.5 cm³/mol. The maximum Gasteiger partial charge on any atom is 0.144 e. The van der Waals surface area contributed by atoms with Crippen LogP contribution in [0.2, 0.25) is 0 Å². The number of carbonyl (C=O) groups excluding carboxylic acids is 1. The predicted octanol–water partition coefficient (Wildman–Crippen LogP) is -0.131. The zero-order valence-electron chi connectivity index (χ0n) is 7.83. The molecule has 0 aromatic carbocycles. The first-order valence-electron chi connectivity index (χ1n) is 5.33. The highest BCUT2D eigenvalue weighted by atomic mass is 16.1. The Kier molecular flexibility index (Phi) is 1.70. The van der Waals surface area contributed by atoms with E-state index in [1.807, 2.05) is 0 Å². The van der Waals surface area contributed by atoms with Gasteiger partial charge < -0.3 is 5.32 Å². The van der Waals surface area contributed by atoms with Gasteiger partial charge in [-0.05, 0) is 12.8 Å². The van der Waals surface area contributed by atoms with Gasteiger partial charge in [-0.3, -0.25) is 9.69 Å². The van der Waals surface area contributed by atoms with Crippen molar-refractivity contribution in [1.29, 1.82) is 0 Å². The van der Waals surface area contributed by atoms with Gasteiger partial charge in [0.15, 0.2) is 0 Å². The lowest BCUT2D eigenvalue weighted by atomic mass is 9.84. The molecule has 1 N–H and O–H groups in total. The standard InChI is InChI=1S/C10H16N2O/c13-10-7-3-11-4-8(10)6-12(5-7)9-1-2-9/h7-9,11H,1-6H2. The normalized spacial score (nSPS) is 40.8. The van der Waals surface area contributed by atoms with Crippen molar-refractivity contribution >= 4 is 5.78 Å². The lowest BCUT2D eigenvalue weighted by molar-refractivity contribution is -0.133. The molecule has 2 atom stereocenters. The summed E-state index contributed by atoms with van der Waals surface area (Å²) in [6, 6.07) is 0.830. The Morgan fingerprint density at radius 2 is 1.77 bits per heavy atom. The molecule has 1 aliphatic carbocycles. The zero-order valence-corrected chi connectivity index (χ0v) is 7.83. The van der Waals surface area contributed by atoms with Crippen LogP contribution in [0.25, 0.3) is 0 Å². The van der Waals surface area contributed by atoms with Crippen LogP contribution < -0.4 is 5.32 Å². The molecule has 0 radical (unpaired) electrons. The Bertz CT molecular complexity index is 221. The van der Waals surface area contributed by atoms with Crippen molar-refractivity contribution in [3.05, 3.63) is 0 Å². The van der Waals surface area contributed by atoms with E-state index in [-0.39, 0.29) is 0 Å². The van der Waals surface area contributed by atoms with Gasteiger partial charge in [0.25, 0.3) is 0 Å². The second-order valence-corrected chi connectivity index (χ2v) is 4.64. The van der Waals surface area contributed by atoms with E-state index < -0.39 is 0 Å². The molecule has 3 fully saturated rings. The number of carbonyl (C=O) groups is 1. The lowest BCUT2D eigenvalue weighted by Crippen LogP contribution is -2.57. The highest BCUT2D eigenvalue weighted by molar-refractivity contribution is 5.85. The van der Waals surface area contributed by atoms with Crippen molar-refractivity contribution in [3.63, 3.8) is 0 Å². The van der Waals surface area contributed by atoms with Gasteiger partial charge in [0, 0.05) is 44.1 Å². The molecular formula is C10H16N2O. The lowest BCUT2D eigenvalue weighted by Gasteiger charge is -2.40. The molecule has 2 saturated heterocycles. The Morgan fingerprint density at radius 1 is 1.15 bits per heavy atom. The molecule has 3 aliphatic rings. The van der Waals surface area contributed by atoms with Crippen LogP contribution in [0.4, 0.5) is 0 Å². The van der Waals surface area contributed by atoms with E-state index in [1.54, 1.807) is 0 Å². The fourth-order valence-corrected chi connectivity index (χ4v) is 2.65. The summed E-state index contributed by atoms with van der Waals surface area (Å²) in [5, 5.41) is 3.35. The van der Waals surface area contributed by atoms with E-state index in [0.717, 1.165) is 32.2 Å². The maximum atomic E-state index is 11.7. The third-order valence-electron chi connectivity index (χ3n) is 3.56. The summed E-state index contributed by atoms with van der Waals surface area (Å²) < 4.78 is 0. The van der Waals surface area contributed by atoms with Crippen LogP contribution in [0.3, 0.4) is 0 Å². The molecule has 0 aromatic rings. The molecule has 3 nitrogen and oxygen atoms in total. The molecule has 3 rings (SSSR count). The van der Waals surface area contributed by atoms with Crippen LogP contribution in [-0.2, 0) is 4.79 Å². The second kappa shape index (κ2) is 2.79. The van der Waals surface area contributed by atoms with Crippen molar-refractivity contribution in [3.8, 4) is 0 Å². The minimum Gasteiger partial charge on any atom is -0.315 e. The van der Waals surface area contributed by atoms with E-state index in [4.69, 9.17) is 0 Å². The van der Waals surface area contributed by atoms with E-state index in [0.29, 0.717) is 17.6 Å². The molecule has 2 unspecified atom stereocenters. The third kappa shape index (κ3) is 1.30. The average molecular weight is 180 g/mol. The van der Waals surface area contributed by atoms with Gasteiger partial charge in [0.1, 0.15) is 5.78 Å². The first-order chi connectivity index (χ1) is 6.34. The highest BCUT2D eigenvalue weighted by Crippen LogP contribution is 2.32. The van der Waals surface area contributed by atoms with Crippen LogP contribution >= 0.6 is 0 Å². The summed E-state index contributed by atoms with van der Waals surface area (Å²) in [5.41, 5.74) is 0. The van der Waals surface area contributed by atoms with Crippen LogP contribution in [0.15, 0.2) is 0 Å². The number of hydrogen-bond donors (Lipinski definition) is 1. The van der Waals surface area contributed by atoms with Gasteiger partial charge in [-0.25, -0.2) is 0 Å². The van der Waals surface area contributed by atoms with E-state index in [9.17, 15) is 4.79 Å². The number of ketones is 1. The molecule has 0 amide bonds. The zero-order chi connectivity index (χ0) is 8.84. The molecule has 13 heavy (non-hydrogen) atoms. The molecule has 3 heteroatoms. The quantitative estimate of drug-likeness (QED) is 0.610. The molecule has 2 aliphatic heterocycles. The Balaban J connectivity index is 1.75. The van der Waals surface area contributed by atoms with Crippen molar-refractivity contribution < 1.29 is 4.79 Å². The number of nitrogens with one attached hydrogen (secondary N) is 1. The van der Waals surface area contributed by atoms with Crippen molar-refractivity contribution in [1.82, 2.24) is 10.2 Å². The van der Waals surface area contributed by atoms with Crippen LogP contribution in [0.1, 0.15) is 12.8 Å². The number of nitrogens with zero attached hydrogens (tertiary/aromatic N) is 1. The molecule has 1 saturated carbocycles. The highest BCUT2D eigenvalue weighted by Gasteiger charge is 2.42. The Hall–Kier alpha value is -0.410. The number of fused-ring (bicyclic) bond motifs is 2. The average Bonchev–Trinajstić information content (AvgIpc) is 2.85. The van der Waals surface area contributed by atoms with E-state index in [1.165, 1.54) is 12.8 Å². The third-order valence-corrected chi connectivity index (χ3v) is 3.56.